The summed E-state index contributed by atoms with van der Waals surface area (Å²) in [5.74, 6) is -0.411. The Hall–Kier alpha value is -2.34. The number of amides is 2. The lowest BCUT2D eigenvalue weighted by Crippen LogP contribution is -2.34. The molecule has 1 aromatic heterocycles. The predicted octanol–water partition coefficient (Wildman–Crippen LogP) is 3.03. The third-order valence-corrected chi connectivity index (χ3v) is 5.19. The van der Waals surface area contributed by atoms with Crippen molar-refractivity contribution < 1.29 is 9.59 Å². The molecule has 0 bridgehead atoms. The van der Waals surface area contributed by atoms with Crippen LogP contribution in [0, 0.1) is 5.92 Å². The van der Waals surface area contributed by atoms with Gasteiger partial charge in [-0.05, 0) is 55.1 Å². The fourth-order valence-corrected chi connectivity index (χ4v) is 3.37. The quantitative estimate of drug-likeness (QED) is 0.838. The van der Waals surface area contributed by atoms with Crippen LogP contribution in [-0.2, 0) is 9.59 Å². The first kappa shape index (κ1) is 17.5. The van der Waals surface area contributed by atoms with Gasteiger partial charge in [0.25, 0.3) is 0 Å². The van der Waals surface area contributed by atoms with E-state index in [2.05, 4.69) is 10.3 Å². The summed E-state index contributed by atoms with van der Waals surface area (Å²) < 4.78 is 0. The van der Waals surface area contributed by atoms with Gasteiger partial charge in [0.2, 0.25) is 11.8 Å². The van der Waals surface area contributed by atoms with E-state index >= 15 is 0 Å². The highest BCUT2D eigenvalue weighted by molar-refractivity contribution is 7.98. The summed E-state index contributed by atoms with van der Waals surface area (Å²) in [6.45, 7) is 2.36. The maximum Gasteiger partial charge on any atom is 0.227 e. The molecular formula is C19H21N3O2S. The van der Waals surface area contributed by atoms with Crippen molar-refractivity contribution in [3.8, 4) is 0 Å². The highest BCUT2D eigenvalue weighted by atomic mass is 32.2. The Morgan fingerprint density at radius 2 is 1.92 bits per heavy atom. The van der Waals surface area contributed by atoms with Gasteiger partial charge in [-0.1, -0.05) is 0 Å². The number of rotatable bonds is 5. The molecule has 5 nitrogen and oxygen atoms in total. The number of nitrogens with zero attached hydrogens (tertiary/aromatic N) is 2. The van der Waals surface area contributed by atoms with E-state index in [-0.39, 0.29) is 30.2 Å². The third-order valence-electron chi connectivity index (χ3n) is 4.44. The van der Waals surface area contributed by atoms with E-state index in [9.17, 15) is 9.59 Å². The van der Waals surface area contributed by atoms with E-state index in [1.54, 1.807) is 29.1 Å². The molecule has 2 heterocycles. The summed E-state index contributed by atoms with van der Waals surface area (Å²) in [4.78, 5) is 31.7. The van der Waals surface area contributed by atoms with Crippen LogP contribution in [0.25, 0.3) is 0 Å². The fourth-order valence-electron chi connectivity index (χ4n) is 2.96. The minimum Gasteiger partial charge on any atom is -0.349 e. The second kappa shape index (κ2) is 7.70. The molecule has 0 aliphatic carbocycles. The normalized spacial score (nSPS) is 18.2. The van der Waals surface area contributed by atoms with Gasteiger partial charge in [0.1, 0.15) is 0 Å². The van der Waals surface area contributed by atoms with Crippen LogP contribution in [-0.4, -0.2) is 29.6 Å². The van der Waals surface area contributed by atoms with Gasteiger partial charge in [0, 0.05) is 35.9 Å². The smallest absolute Gasteiger partial charge is 0.227 e. The first-order valence-corrected chi connectivity index (χ1v) is 9.45. The van der Waals surface area contributed by atoms with E-state index in [1.807, 2.05) is 49.6 Å². The van der Waals surface area contributed by atoms with E-state index in [0.29, 0.717) is 6.54 Å². The summed E-state index contributed by atoms with van der Waals surface area (Å²) in [6, 6.07) is 11.5. The molecule has 3 rings (SSSR count). The zero-order chi connectivity index (χ0) is 17.8. The Labute approximate surface area is 151 Å². The molecule has 1 aliphatic rings. The lowest BCUT2D eigenvalue weighted by Gasteiger charge is -2.19. The van der Waals surface area contributed by atoms with E-state index < -0.39 is 0 Å². The first-order valence-electron chi connectivity index (χ1n) is 8.23. The second-order valence-electron chi connectivity index (χ2n) is 6.11. The lowest BCUT2D eigenvalue weighted by atomic mass is 10.1. The number of anilines is 1. The second-order valence-corrected chi connectivity index (χ2v) is 6.99. The van der Waals surface area contributed by atoms with E-state index in [0.717, 1.165) is 16.1 Å². The minimum atomic E-state index is -0.322. The van der Waals surface area contributed by atoms with Crippen molar-refractivity contribution in [2.75, 3.05) is 17.7 Å². The molecule has 1 aromatic carbocycles. The van der Waals surface area contributed by atoms with Crippen molar-refractivity contribution >= 4 is 29.3 Å². The Kier molecular flexibility index (Phi) is 5.38. The Morgan fingerprint density at radius 3 is 2.56 bits per heavy atom. The number of pyridine rings is 1. The van der Waals surface area contributed by atoms with E-state index in [4.69, 9.17) is 0 Å². The molecule has 2 amide bonds. The highest BCUT2D eigenvalue weighted by Crippen LogP contribution is 2.27. The van der Waals surface area contributed by atoms with Gasteiger partial charge in [-0.25, -0.2) is 0 Å². The fraction of sp³-hybridized carbons (Fsp3) is 0.316. The molecular weight excluding hydrogens is 334 g/mol. The van der Waals surface area contributed by atoms with Gasteiger partial charge in [-0.3, -0.25) is 14.6 Å². The van der Waals surface area contributed by atoms with Crippen LogP contribution in [0.2, 0.25) is 0 Å². The molecule has 6 heteroatoms. The average Bonchev–Trinajstić information content (AvgIpc) is 3.04. The van der Waals surface area contributed by atoms with Crippen molar-refractivity contribution in [3.05, 3.63) is 54.4 Å². The molecule has 2 unspecified atom stereocenters. The molecule has 1 saturated heterocycles. The number of hydrogen-bond acceptors (Lipinski definition) is 4. The number of aromatic nitrogens is 1. The standard InChI is InChI=1S/C19H21N3O2S/c1-13(14-7-9-20-10-8-14)21-19(24)15-11-18(23)22(12-15)16-3-5-17(25-2)6-4-16/h3-10,13,15H,11-12H2,1-2H3,(H,21,24). The average molecular weight is 355 g/mol. The predicted molar refractivity (Wildman–Crippen MR) is 99.5 cm³/mol. The van der Waals surface area contributed by atoms with Crippen molar-refractivity contribution in [2.24, 2.45) is 5.92 Å². The Bertz CT molecular complexity index is 749. The van der Waals surface area contributed by atoms with Gasteiger partial charge in [0.05, 0.1) is 12.0 Å². The van der Waals surface area contributed by atoms with Crippen molar-refractivity contribution in [1.82, 2.24) is 10.3 Å². The molecule has 25 heavy (non-hydrogen) atoms. The summed E-state index contributed by atoms with van der Waals surface area (Å²) in [7, 11) is 0. The molecule has 2 aromatic rings. The molecule has 2 atom stereocenters. The summed E-state index contributed by atoms with van der Waals surface area (Å²) in [5, 5.41) is 3.00. The number of benzene rings is 1. The monoisotopic (exact) mass is 355 g/mol. The van der Waals surface area contributed by atoms with Gasteiger partial charge in [0.15, 0.2) is 0 Å². The Morgan fingerprint density at radius 1 is 1.24 bits per heavy atom. The molecule has 1 aliphatic heterocycles. The third kappa shape index (κ3) is 4.02. The summed E-state index contributed by atoms with van der Waals surface area (Å²) in [6.07, 6.45) is 5.67. The van der Waals surface area contributed by atoms with Gasteiger partial charge < -0.3 is 10.2 Å². The Balaban J connectivity index is 1.64. The van der Waals surface area contributed by atoms with Crippen LogP contribution in [0.4, 0.5) is 5.69 Å². The topological polar surface area (TPSA) is 62.3 Å². The maximum absolute atomic E-state index is 12.5. The lowest BCUT2D eigenvalue weighted by molar-refractivity contribution is -0.126. The zero-order valence-electron chi connectivity index (χ0n) is 14.3. The van der Waals surface area contributed by atoms with E-state index in [1.165, 1.54) is 0 Å². The van der Waals surface area contributed by atoms with Crippen molar-refractivity contribution in [3.63, 3.8) is 0 Å². The molecule has 1 fully saturated rings. The maximum atomic E-state index is 12.5. The molecule has 0 radical (unpaired) electrons. The largest absolute Gasteiger partial charge is 0.349 e. The van der Waals surface area contributed by atoms with Crippen LogP contribution in [0.3, 0.4) is 0 Å². The number of carbonyl (C=O) groups excluding carboxylic acids is 2. The molecule has 1 N–H and O–H groups in total. The van der Waals surface area contributed by atoms with Gasteiger partial charge in [-0.2, -0.15) is 0 Å². The van der Waals surface area contributed by atoms with Crippen molar-refractivity contribution in [2.45, 2.75) is 24.3 Å². The zero-order valence-corrected chi connectivity index (χ0v) is 15.1. The van der Waals surface area contributed by atoms with Crippen LogP contribution in [0.5, 0.6) is 0 Å². The molecule has 130 valence electrons. The summed E-state index contributed by atoms with van der Waals surface area (Å²) in [5.41, 5.74) is 1.84. The van der Waals surface area contributed by atoms with Gasteiger partial charge >= 0.3 is 0 Å². The number of nitrogens with one attached hydrogen (secondary N) is 1. The van der Waals surface area contributed by atoms with Crippen LogP contribution in [0.1, 0.15) is 24.9 Å². The van der Waals surface area contributed by atoms with Crippen LogP contribution >= 0.6 is 11.8 Å². The molecule has 0 saturated carbocycles. The van der Waals surface area contributed by atoms with Crippen molar-refractivity contribution in [1.29, 1.82) is 0 Å². The number of hydrogen-bond donors (Lipinski definition) is 1. The SMILES string of the molecule is CSc1ccc(N2CC(C(=O)NC(C)c3ccncc3)CC2=O)cc1. The van der Waals surface area contributed by atoms with Crippen LogP contribution in [0.15, 0.2) is 53.7 Å². The molecule has 0 spiro atoms. The number of thioether (sulfide) groups is 1. The first-order chi connectivity index (χ1) is 12.1. The highest BCUT2D eigenvalue weighted by Gasteiger charge is 2.35. The van der Waals surface area contributed by atoms with Crippen LogP contribution < -0.4 is 10.2 Å². The van der Waals surface area contributed by atoms with Gasteiger partial charge in [-0.15, -0.1) is 11.8 Å². The number of carbonyl (C=O) groups is 2. The summed E-state index contributed by atoms with van der Waals surface area (Å²) >= 11 is 1.66. The minimum absolute atomic E-state index is 0.00591.